The molecule has 1 unspecified atom stereocenters. The first-order chi connectivity index (χ1) is 8.06. The van der Waals surface area contributed by atoms with Crippen LogP contribution >= 0.6 is 23.1 Å². The zero-order valence-electron chi connectivity index (χ0n) is 9.48. The Morgan fingerprint density at radius 2 is 2.18 bits per heavy atom. The van der Waals surface area contributed by atoms with Gasteiger partial charge in [-0.15, -0.1) is 10.2 Å². The van der Waals surface area contributed by atoms with E-state index in [2.05, 4.69) is 10.2 Å². The SMILES string of the molecule is Cc1nnc(Sc2ccc(C(C)N)cc2F)s1. The highest BCUT2D eigenvalue weighted by atomic mass is 32.2. The molecule has 1 heterocycles. The molecule has 0 aliphatic carbocycles. The van der Waals surface area contributed by atoms with Crippen LogP contribution in [0, 0.1) is 12.7 Å². The van der Waals surface area contributed by atoms with Gasteiger partial charge in [0.05, 0.1) is 4.90 Å². The van der Waals surface area contributed by atoms with E-state index in [0.29, 0.717) is 4.90 Å². The van der Waals surface area contributed by atoms with Crippen molar-refractivity contribution in [2.75, 3.05) is 0 Å². The van der Waals surface area contributed by atoms with Crippen molar-refractivity contribution in [3.05, 3.63) is 34.6 Å². The van der Waals surface area contributed by atoms with Crippen LogP contribution in [-0.2, 0) is 0 Å². The predicted octanol–water partition coefficient (Wildman–Crippen LogP) is 3.16. The van der Waals surface area contributed by atoms with Gasteiger partial charge in [0.25, 0.3) is 0 Å². The van der Waals surface area contributed by atoms with E-state index in [1.165, 1.54) is 29.2 Å². The molecule has 0 radical (unpaired) electrons. The van der Waals surface area contributed by atoms with E-state index in [1.54, 1.807) is 6.07 Å². The fourth-order valence-corrected chi connectivity index (χ4v) is 3.07. The lowest BCUT2D eigenvalue weighted by molar-refractivity contribution is 0.596. The summed E-state index contributed by atoms with van der Waals surface area (Å²) in [7, 11) is 0. The summed E-state index contributed by atoms with van der Waals surface area (Å²) in [6.07, 6.45) is 0. The van der Waals surface area contributed by atoms with Gasteiger partial charge in [0.15, 0.2) is 4.34 Å². The third-order valence-electron chi connectivity index (χ3n) is 2.19. The molecule has 0 saturated carbocycles. The highest BCUT2D eigenvalue weighted by Gasteiger charge is 2.10. The molecule has 0 bridgehead atoms. The summed E-state index contributed by atoms with van der Waals surface area (Å²) in [5.41, 5.74) is 6.49. The first kappa shape index (κ1) is 12.5. The number of halogens is 1. The third-order valence-corrected chi connectivity index (χ3v) is 4.13. The largest absolute Gasteiger partial charge is 0.324 e. The van der Waals surface area contributed by atoms with Crippen molar-refractivity contribution in [1.82, 2.24) is 10.2 Å². The molecule has 0 amide bonds. The Labute approximate surface area is 107 Å². The summed E-state index contributed by atoms with van der Waals surface area (Å²) in [4.78, 5) is 0.547. The second kappa shape index (κ2) is 5.12. The molecule has 2 N–H and O–H groups in total. The molecular formula is C11H12FN3S2. The van der Waals surface area contributed by atoms with Gasteiger partial charge in [0.1, 0.15) is 10.8 Å². The Kier molecular flexibility index (Phi) is 3.76. The zero-order valence-corrected chi connectivity index (χ0v) is 11.1. The second-order valence-corrected chi connectivity index (χ2v) is 6.14. The summed E-state index contributed by atoms with van der Waals surface area (Å²) < 4.78 is 14.5. The van der Waals surface area contributed by atoms with Crippen LogP contribution in [-0.4, -0.2) is 10.2 Å². The number of nitrogens with two attached hydrogens (primary N) is 1. The molecule has 90 valence electrons. The van der Waals surface area contributed by atoms with Gasteiger partial charge in [-0.05, 0) is 31.5 Å². The van der Waals surface area contributed by atoms with Gasteiger partial charge in [-0.25, -0.2) is 4.39 Å². The maximum atomic E-state index is 13.8. The monoisotopic (exact) mass is 269 g/mol. The van der Waals surface area contributed by atoms with Crippen LogP contribution in [0.4, 0.5) is 4.39 Å². The van der Waals surface area contributed by atoms with Crippen molar-refractivity contribution in [2.45, 2.75) is 29.1 Å². The number of aromatic nitrogens is 2. The van der Waals surface area contributed by atoms with Crippen LogP contribution in [0.3, 0.4) is 0 Å². The van der Waals surface area contributed by atoms with Gasteiger partial charge in [-0.1, -0.05) is 29.2 Å². The fraction of sp³-hybridized carbons (Fsp3) is 0.273. The molecule has 2 aromatic rings. The average Bonchev–Trinajstić information content (AvgIpc) is 2.67. The van der Waals surface area contributed by atoms with Gasteiger partial charge in [0, 0.05) is 6.04 Å². The Balaban J connectivity index is 2.22. The first-order valence-electron chi connectivity index (χ1n) is 5.09. The van der Waals surface area contributed by atoms with Crippen LogP contribution < -0.4 is 5.73 Å². The molecule has 6 heteroatoms. The van der Waals surface area contributed by atoms with Crippen molar-refractivity contribution in [1.29, 1.82) is 0 Å². The quantitative estimate of drug-likeness (QED) is 0.930. The molecule has 0 spiro atoms. The van der Waals surface area contributed by atoms with Crippen LogP contribution in [0.25, 0.3) is 0 Å². The summed E-state index contributed by atoms with van der Waals surface area (Å²) in [5.74, 6) is -0.266. The smallest absolute Gasteiger partial charge is 0.179 e. The molecule has 17 heavy (non-hydrogen) atoms. The summed E-state index contributed by atoms with van der Waals surface area (Å²) in [5, 5.41) is 8.72. The molecule has 1 atom stereocenters. The average molecular weight is 269 g/mol. The Bertz CT molecular complexity index is 525. The Morgan fingerprint density at radius 1 is 1.41 bits per heavy atom. The maximum absolute atomic E-state index is 13.8. The Morgan fingerprint density at radius 3 is 2.71 bits per heavy atom. The van der Waals surface area contributed by atoms with E-state index in [9.17, 15) is 4.39 Å². The van der Waals surface area contributed by atoms with E-state index in [4.69, 9.17) is 5.73 Å². The van der Waals surface area contributed by atoms with E-state index in [1.807, 2.05) is 19.9 Å². The van der Waals surface area contributed by atoms with Gasteiger partial charge in [-0.3, -0.25) is 0 Å². The number of aryl methyl sites for hydroxylation is 1. The van der Waals surface area contributed by atoms with Crippen LogP contribution in [0.2, 0.25) is 0 Å². The van der Waals surface area contributed by atoms with E-state index >= 15 is 0 Å². The molecule has 0 aliphatic rings. The lowest BCUT2D eigenvalue weighted by atomic mass is 10.1. The van der Waals surface area contributed by atoms with Gasteiger partial charge >= 0.3 is 0 Å². The van der Waals surface area contributed by atoms with Gasteiger partial charge in [0.2, 0.25) is 0 Å². The highest BCUT2D eigenvalue weighted by Crippen LogP contribution is 2.32. The van der Waals surface area contributed by atoms with Crippen molar-refractivity contribution in [2.24, 2.45) is 5.73 Å². The van der Waals surface area contributed by atoms with Gasteiger partial charge in [-0.2, -0.15) is 0 Å². The van der Waals surface area contributed by atoms with Crippen LogP contribution in [0.15, 0.2) is 27.4 Å². The molecule has 0 aliphatic heterocycles. The number of nitrogens with zero attached hydrogens (tertiary/aromatic N) is 2. The molecular weight excluding hydrogens is 257 g/mol. The first-order valence-corrected chi connectivity index (χ1v) is 6.72. The molecule has 1 aromatic carbocycles. The predicted molar refractivity (Wildman–Crippen MR) is 67.8 cm³/mol. The summed E-state index contributed by atoms with van der Waals surface area (Å²) >= 11 is 2.74. The minimum Gasteiger partial charge on any atom is -0.324 e. The third kappa shape index (κ3) is 3.02. The number of rotatable bonds is 3. The number of benzene rings is 1. The molecule has 1 aromatic heterocycles. The van der Waals surface area contributed by atoms with Crippen molar-refractivity contribution in [3.8, 4) is 0 Å². The molecule has 0 saturated heterocycles. The number of hydrogen-bond acceptors (Lipinski definition) is 5. The van der Waals surface area contributed by atoms with Crippen LogP contribution in [0.1, 0.15) is 23.5 Å². The van der Waals surface area contributed by atoms with Crippen LogP contribution in [0.5, 0.6) is 0 Å². The second-order valence-electron chi connectivity index (χ2n) is 3.67. The van der Waals surface area contributed by atoms with Gasteiger partial charge < -0.3 is 5.73 Å². The standard InChI is InChI=1S/C11H12FN3S2/c1-6(13)8-3-4-10(9(12)5-8)17-11-15-14-7(2)16-11/h3-6H,13H2,1-2H3. The molecule has 2 rings (SSSR count). The minimum atomic E-state index is -0.266. The van der Waals surface area contributed by atoms with E-state index in [-0.39, 0.29) is 11.9 Å². The molecule has 3 nitrogen and oxygen atoms in total. The van der Waals surface area contributed by atoms with E-state index < -0.39 is 0 Å². The van der Waals surface area contributed by atoms with E-state index in [0.717, 1.165) is 14.9 Å². The fourth-order valence-electron chi connectivity index (χ4n) is 1.30. The normalized spacial score (nSPS) is 12.7. The van der Waals surface area contributed by atoms with Crippen molar-refractivity contribution >= 4 is 23.1 Å². The number of hydrogen-bond donors (Lipinski definition) is 1. The summed E-state index contributed by atoms with van der Waals surface area (Å²) in [6.45, 7) is 3.70. The molecule has 0 fully saturated rings. The zero-order chi connectivity index (χ0) is 12.4. The lowest BCUT2D eigenvalue weighted by Gasteiger charge is -2.07. The van der Waals surface area contributed by atoms with Crippen molar-refractivity contribution < 1.29 is 4.39 Å². The Hall–Kier alpha value is -0.980. The topological polar surface area (TPSA) is 51.8 Å². The highest BCUT2D eigenvalue weighted by molar-refractivity contribution is 8.01. The lowest BCUT2D eigenvalue weighted by Crippen LogP contribution is -2.05. The van der Waals surface area contributed by atoms with Crippen molar-refractivity contribution in [3.63, 3.8) is 0 Å². The summed E-state index contributed by atoms with van der Waals surface area (Å²) in [6, 6.07) is 4.88. The maximum Gasteiger partial charge on any atom is 0.179 e. The minimum absolute atomic E-state index is 0.160.